The topological polar surface area (TPSA) is 50.2 Å². The zero-order valence-corrected chi connectivity index (χ0v) is 6.31. The molecule has 0 bridgehead atoms. The first-order valence-electron chi connectivity index (χ1n) is 3.06. The highest BCUT2D eigenvalue weighted by Gasteiger charge is 2.09. The molecule has 3 nitrogen and oxygen atoms in total. The van der Waals surface area contributed by atoms with Crippen LogP contribution in [-0.2, 0) is 9.53 Å². The van der Waals surface area contributed by atoms with Crippen LogP contribution < -0.4 is 0 Å². The highest BCUT2D eigenvalue weighted by molar-refractivity contribution is 6.35. The predicted molar refractivity (Wildman–Crippen MR) is 38.9 cm³/mol. The molecule has 1 radical (unpaired) electrons. The van der Waals surface area contributed by atoms with Gasteiger partial charge in [0, 0.05) is 0 Å². The Bertz CT molecular complexity index is 141. The van der Waals surface area contributed by atoms with Gasteiger partial charge in [-0.3, -0.25) is 5.41 Å². The molecule has 1 unspecified atom stereocenters. The van der Waals surface area contributed by atoms with E-state index in [1.165, 1.54) is 7.11 Å². The third-order valence-corrected chi connectivity index (χ3v) is 0.984. The van der Waals surface area contributed by atoms with E-state index in [0.29, 0.717) is 6.42 Å². The minimum absolute atomic E-state index is 0.00926. The molecular formula is C7H12NO2. The average Bonchev–Trinajstić information content (AvgIpc) is 1.85. The van der Waals surface area contributed by atoms with Gasteiger partial charge in [-0.15, -0.1) is 0 Å². The second-order valence-corrected chi connectivity index (χ2v) is 2.28. The molecule has 57 valence electrons. The van der Waals surface area contributed by atoms with Crippen molar-refractivity contribution in [1.29, 1.82) is 5.41 Å². The quantitative estimate of drug-likeness (QED) is 0.472. The minimum Gasteiger partial charge on any atom is -0.465 e. The molecule has 0 heterocycles. The largest absolute Gasteiger partial charge is 0.465 e. The molecule has 0 saturated carbocycles. The normalized spacial score (nSPS) is 9.60. The molecule has 0 aliphatic rings. The second kappa shape index (κ2) is 4.04. The Balaban J connectivity index is 3.74. The zero-order chi connectivity index (χ0) is 8.15. The van der Waals surface area contributed by atoms with Crippen LogP contribution in [0.25, 0.3) is 0 Å². The van der Waals surface area contributed by atoms with Gasteiger partial charge >= 0.3 is 5.97 Å². The Hall–Kier alpha value is -0.860. The van der Waals surface area contributed by atoms with E-state index in [0.717, 1.165) is 0 Å². The fourth-order valence-electron chi connectivity index (χ4n) is 0.555. The first-order chi connectivity index (χ1) is 4.57. The van der Waals surface area contributed by atoms with Crippen molar-refractivity contribution in [1.82, 2.24) is 0 Å². The van der Waals surface area contributed by atoms with Crippen molar-refractivity contribution < 1.29 is 9.53 Å². The molecule has 0 fully saturated rings. The molecule has 0 amide bonds. The average molecular weight is 142 g/mol. The number of carbonyl (C=O) groups excluding carboxylic acids is 1. The summed E-state index contributed by atoms with van der Waals surface area (Å²) in [5.74, 6) is -0.470. The summed E-state index contributed by atoms with van der Waals surface area (Å²) in [6, 6.07) is 0. The first kappa shape index (κ1) is 9.14. The van der Waals surface area contributed by atoms with Crippen LogP contribution >= 0.6 is 0 Å². The van der Waals surface area contributed by atoms with Gasteiger partial charge in [-0.25, -0.2) is 4.79 Å². The van der Waals surface area contributed by atoms with E-state index in [1.807, 2.05) is 6.92 Å². The Kier molecular flexibility index (Phi) is 3.69. The van der Waals surface area contributed by atoms with Crippen molar-refractivity contribution in [3.63, 3.8) is 0 Å². The number of nitrogens with one attached hydrogen (secondary N) is 1. The second-order valence-electron chi connectivity index (χ2n) is 2.28. The summed E-state index contributed by atoms with van der Waals surface area (Å²) in [5.41, 5.74) is -0.00926. The maximum atomic E-state index is 10.6. The molecule has 0 aromatic rings. The van der Waals surface area contributed by atoms with E-state index < -0.39 is 5.97 Å². The molecule has 0 aliphatic heterocycles. The lowest BCUT2D eigenvalue weighted by Gasteiger charge is -2.02. The Morgan fingerprint density at radius 1 is 1.80 bits per heavy atom. The molecule has 0 saturated heterocycles. The number of esters is 1. The summed E-state index contributed by atoms with van der Waals surface area (Å²) in [6.07, 6.45) is 0.382. The molecular weight excluding hydrogens is 130 g/mol. The number of hydrogen-bond donors (Lipinski definition) is 1. The van der Waals surface area contributed by atoms with Crippen LogP contribution in [0.2, 0.25) is 0 Å². The minimum atomic E-state index is -0.560. The van der Waals surface area contributed by atoms with Crippen LogP contribution in [0.3, 0.4) is 0 Å². The van der Waals surface area contributed by atoms with Crippen molar-refractivity contribution in [3.8, 4) is 0 Å². The summed E-state index contributed by atoms with van der Waals surface area (Å²) in [7, 11) is 1.27. The number of hydrogen-bond acceptors (Lipinski definition) is 3. The first-order valence-corrected chi connectivity index (χ1v) is 3.06. The summed E-state index contributed by atoms with van der Waals surface area (Å²) in [4.78, 5) is 10.6. The van der Waals surface area contributed by atoms with Gasteiger partial charge in [0.25, 0.3) is 0 Å². The number of rotatable bonds is 3. The van der Waals surface area contributed by atoms with Gasteiger partial charge in [-0.05, 0) is 12.3 Å². The van der Waals surface area contributed by atoms with Crippen molar-refractivity contribution >= 4 is 11.7 Å². The van der Waals surface area contributed by atoms with Gasteiger partial charge in [0.1, 0.15) is 5.71 Å². The van der Waals surface area contributed by atoms with Crippen molar-refractivity contribution in [2.75, 3.05) is 7.11 Å². The predicted octanol–water partition coefficient (Wildman–Crippen LogP) is 1.04. The lowest BCUT2D eigenvalue weighted by Crippen LogP contribution is -2.16. The molecule has 1 N–H and O–H groups in total. The van der Waals surface area contributed by atoms with Crippen molar-refractivity contribution in [2.24, 2.45) is 5.92 Å². The van der Waals surface area contributed by atoms with E-state index in [1.54, 1.807) is 0 Å². The lowest BCUT2D eigenvalue weighted by atomic mass is 10.1. The Morgan fingerprint density at radius 3 is 2.60 bits per heavy atom. The van der Waals surface area contributed by atoms with Crippen LogP contribution in [0.15, 0.2) is 0 Å². The molecule has 0 aromatic heterocycles. The van der Waals surface area contributed by atoms with Crippen LogP contribution in [0.4, 0.5) is 0 Å². The standard InChI is InChI=1S/C7H12NO2/c1-5(2)4-6(8)7(9)10-3/h5,8H,1,4H2,2-3H3. The molecule has 10 heavy (non-hydrogen) atoms. The number of ether oxygens (including phenoxy) is 1. The molecule has 0 spiro atoms. The number of methoxy groups -OCH3 is 1. The van der Waals surface area contributed by atoms with Crippen LogP contribution in [0.1, 0.15) is 13.3 Å². The molecule has 0 rings (SSSR count). The van der Waals surface area contributed by atoms with E-state index in [-0.39, 0.29) is 11.6 Å². The van der Waals surface area contributed by atoms with Gasteiger partial charge in [0.2, 0.25) is 0 Å². The highest BCUT2D eigenvalue weighted by atomic mass is 16.5. The third kappa shape index (κ3) is 3.22. The molecule has 3 heteroatoms. The SMILES string of the molecule is [CH2]C(C)CC(=N)C(=O)OC. The van der Waals surface area contributed by atoms with E-state index >= 15 is 0 Å². The van der Waals surface area contributed by atoms with Crippen molar-refractivity contribution in [3.05, 3.63) is 6.92 Å². The Labute approximate surface area is 60.9 Å². The van der Waals surface area contributed by atoms with E-state index in [4.69, 9.17) is 5.41 Å². The van der Waals surface area contributed by atoms with Crippen LogP contribution in [0, 0.1) is 18.3 Å². The van der Waals surface area contributed by atoms with E-state index in [2.05, 4.69) is 11.7 Å². The summed E-state index contributed by atoms with van der Waals surface area (Å²) in [6.45, 7) is 5.49. The third-order valence-electron chi connectivity index (χ3n) is 0.984. The number of carbonyl (C=O) groups is 1. The lowest BCUT2D eigenvalue weighted by molar-refractivity contribution is -0.132. The summed E-state index contributed by atoms with van der Waals surface area (Å²) in [5, 5.41) is 7.11. The molecule has 1 atom stereocenters. The van der Waals surface area contributed by atoms with Gasteiger partial charge in [0.05, 0.1) is 7.11 Å². The molecule has 0 aliphatic carbocycles. The summed E-state index contributed by atoms with van der Waals surface area (Å²) < 4.78 is 4.32. The smallest absolute Gasteiger partial charge is 0.351 e. The zero-order valence-electron chi connectivity index (χ0n) is 6.31. The molecule has 0 aromatic carbocycles. The van der Waals surface area contributed by atoms with Crippen LogP contribution in [0.5, 0.6) is 0 Å². The van der Waals surface area contributed by atoms with Crippen LogP contribution in [-0.4, -0.2) is 18.8 Å². The van der Waals surface area contributed by atoms with E-state index in [9.17, 15) is 4.79 Å². The maximum absolute atomic E-state index is 10.6. The van der Waals surface area contributed by atoms with Crippen molar-refractivity contribution in [2.45, 2.75) is 13.3 Å². The van der Waals surface area contributed by atoms with Gasteiger partial charge in [0.15, 0.2) is 0 Å². The monoisotopic (exact) mass is 142 g/mol. The highest BCUT2D eigenvalue weighted by Crippen LogP contribution is 2.00. The fraction of sp³-hybridized carbons (Fsp3) is 0.571. The van der Waals surface area contributed by atoms with Gasteiger partial charge < -0.3 is 4.74 Å². The van der Waals surface area contributed by atoms with Gasteiger partial charge in [-0.2, -0.15) is 0 Å². The fourth-order valence-corrected chi connectivity index (χ4v) is 0.555. The maximum Gasteiger partial charge on any atom is 0.351 e. The Morgan fingerprint density at radius 2 is 2.30 bits per heavy atom. The van der Waals surface area contributed by atoms with Gasteiger partial charge in [-0.1, -0.05) is 13.8 Å². The summed E-state index contributed by atoms with van der Waals surface area (Å²) >= 11 is 0.